The van der Waals surface area contributed by atoms with E-state index in [1.165, 1.54) is 24.3 Å². The van der Waals surface area contributed by atoms with Gasteiger partial charge < -0.3 is 10.6 Å². The number of rotatable bonds is 6. The first-order chi connectivity index (χ1) is 9.45. The fourth-order valence-electron chi connectivity index (χ4n) is 1.72. The van der Waals surface area contributed by atoms with E-state index in [9.17, 15) is 14.0 Å². The number of amides is 2. The molecule has 0 unspecified atom stereocenters. The van der Waals surface area contributed by atoms with E-state index in [4.69, 9.17) is 0 Å². The van der Waals surface area contributed by atoms with Crippen LogP contribution in [0.15, 0.2) is 24.3 Å². The smallest absolute Gasteiger partial charge is 0.251 e. The third-order valence-electron chi connectivity index (χ3n) is 2.89. The monoisotopic (exact) mass is 280 g/mol. The average Bonchev–Trinajstić information content (AvgIpc) is 2.42. The highest BCUT2D eigenvalue weighted by Crippen LogP contribution is 2.06. The molecule has 0 spiro atoms. The predicted octanol–water partition coefficient (Wildman–Crippen LogP) is 2.11. The molecule has 0 aliphatic heterocycles. The molecule has 1 aromatic rings. The van der Waals surface area contributed by atoms with E-state index in [0.29, 0.717) is 12.1 Å². The predicted molar refractivity (Wildman–Crippen MR) is 75.8 cm³/mol. The normalized spacial score (nSPS) is 12.1. The van der Waals surface area contributed by atoms with Crippen molar-refractivity contribution in [2.75, 3.05) is 6.54 Å². The van der Waals surface area contributed by atoms with Crippen molar-refractivity contribution in [3.8, 4) is 0 Å². The van der Waals surface area contributed by atoms with Gasteiger partial charge in [0.25, 0.3) is 5.91 Å². The lowest BCUT2D eigenvalue weighted by molar-refractivity contribution is -0.123. The Balaban J connectivity index is 2.72. The van der Waals surface area contributed by atoms with Crippen LogP contribution in [0.3, 0.4) is 0 Å². The van der Waals surface area contributed by atoms with Crippen LogP contribution in [0.25, 0.3) is 0 Å². The lowest BCUT2D eigenvalue weighted by atomic mass is 10.0. The van der Waals surface area contributed by atoms with Crippen LogP contribution in [0.1, 0.15) is 37.6 Å². The molecule has 110 valence electrons. The van der Waals surface area contributed by atoms with Crippen LogP contribution in [0.5, 0.6) is 0 Å². The van der Waals surface area contributed by atoms with Crippen molar-refractivity contribution in [1.82, 2.24) is 10.6 Å². The highest BCUT2D eigenvalue weighted by molar-refractivity contribution is 5.97. The van der Waals surface area contributed by atoms with E-state index < -0.39 is 11.9 Å². The molecular weight excluding hydrogens is 259 g/mol. The molecule has 0 heterocycles. The maximum Gasteiger partial charge on any atom is 0.251 e. The van der Waals surface area contributed by atoms with Gasteiger partial charge in [-0.25, -0.2) is 4.39 Å². The maximum atomic E-state index is 12.8. The molecule has 4 nitrogen and oxygen atoms in total. The summed E-state index contributed by atoms with van der Waals surface area (Å²) in [6.07, 6.45) is 0.836. The fraction of sp³-hybridized carbons (Fsp3) is 0.467. The number of nitrogens with one attached hydrogen (secondary N) is 2. The van der Waals surface area contributed by atoms with Crippen molar-refractivity contribution >= 4 is 11.8 Å². The van der Waals surface area contributed by atoms with Crippen molar-refractivity contribution < 1.29 is 14.0 Å². The standard InChI is InChI=1S/C15H21FN2O2/c1-4-9-17-15(20)13(10(2)3)18-14(19)11-5-7-12(16)8-6-11/h5-8,10,13H,4,9H2,1-3H3,(H,17,20)(H,18,19)/t13-/m0/s1. The summed E-state index contributed by atoms with van der Waals surface area (Å²) < 4.78 is 12.8. The zero-order chi connectivity index (χ0) is 15.1. The lowest BCUT2D eigenvalue weighted by Gasteiger charge is -2.21. The maximum absolute atomic E-state index is 12.8. The highest BCUT2D eigenvalue weighted by atomic mass is 19.1. The molecule has 0 saturated carbocycles. The van der Waals surface area contributed by atoms with Crippen molar-refractivity contribution in [3.63, 3.8) is 0 Å². The summed E-state index contributed by atoms with van der Waals surface area (Å²) in [5.74, 6) is -1.01. The van der Waals surface area contributed by atoms with E-state index in [1.807, 2.05) is 20.8 Å². The SMILES string of the molecule is CCCNC(=O)[C@@H](NC(=O)c1ccc(F)cc1)C(C)C. The van der Waals surface area contributed by atoms with E-state index in [0.717, 1.165) is 6.42 Å². The van der Waals surface area contributed by atoms with Gasteiger partial charge in [0, 0.05) is 12.1 Å². The van der Waals surface area contributed by atoms with Crippen LogP contribution >= 0.6 is 0 Å². The molecule has 2 N–H and O–H groups in total. The Morgan fingerprint density at radius 3 is 2.30 bits per heavy atom. The molecule has 0 aliphatic carbocycles. The first-order valence-corrected chi connectivity index (χ1v) is 6.79. The number of carbonyl (C=O) groups excluding carboxylic acids is 2. The summed E-state index contributed by atoms with van der Waals surface area (Å²) in [6.45, 7) is 6.26. The minimum Gasteiger partial charge on any atom is -0.354 e. The van der Waals surface area contributed by atoms with Crippen LogP contribution < -0.4 is 10.6 Å². The van der Waals surface area contributed by atoms with E-state index in [2.05, 4.69) is 10.6 Å². The molecule has 1 rings (SSSR count). The molecule has 0 fully saturated rings. The Morgan fingerprint density at radius 1 is 1.20 bits per heavy atom. The molecule has 0 aromatic heterocycles. The number of hydrogen-bond donors (Lipinski definition) is 2. The zero-order valence-corrected chi connectivity index (χ0v) is 12.1. The van der Waals surface area contributed by atoms with Gasteiger partial charge in [0.15, 0.2) is 0 Å². The van der Waals surface area contributed by atoms with Crippen LogP contribution in [-0.2, 0) is 4.79 Å². The van der Waals surface area contributed by atoms with Gasteiger partial charge in [-0.05, 0) is 36.6 Å². The fourth-order valence-corrected chi connectivity index (χ4v) is 1.72. The molecule has 0 saturated heterocycles. The summed E-state index contributed by atoms with van der Waals surface area (Å²) in [7, 11) is 0. The Morgan fingerprint density at radius 2 is 1.80 bits per heavy atom. The second kappa shape index (κ2) is 7.62. The van der Waals surface area contributed by atoms with Gasteiger partial charge in [-0.3, -0.25) is 9.59 Å². The van der Waals surface area contributed by atoms with Crippen molar-refractivity contribution in [3.05, 3.63) is 35.6 Å². The minimum atomic E-state index is -0.598. The van der Waals surface area contributed by atoms with E-state index in [-0.39, 0.29) is 17.7 Å². The summed E-state index contributed by atoms with van der Waals surface area (Å²) in [6, 6.07) is 4.63. The Hall–Kier alpha value is -1.91. The van der Waals surface area contributed by atoms with Crippen LogP contribution in [0.4, 0.5) is 4.39 Å². The second-order valence-electron chi connectivity index (χ2n) is 4.99. The van der Waals surface area contributed by atoms with E-state index >= 15 is 0 Å². The number of benzene rings is 1. The summed E-state index contributed by atoms with van der Waals surface area (Å²) in [4.78, 5) is 24.0. The third kappa shape index (κ3) is 4.64. The van der Waals surface area contributed by atoms with Gasteiger partial charge in [-0.2, -0.15) is 0 Å². The molecule has 20 heavy (non-hydrogen) atoms. The molecule has 0 bridgehead atoms. The summed E-state index contributed by atoms with van der Waals surface area (Å²) in [5, 5.41) is 5.45. The largest absolute Gasteiger partial charge is 0.354 e. The van der Waals surface area contributed by atoms with Gasteiger partial charge in [-0.15, -0.1) is 0 Å². The van der Waals surface area contributed by atoms with Crippen molar-refractivity contribution in [1.29, 1.82) is 0 Å². The molecule has 2 amide bonds. The molecule has 1 aromatic carbocycles. The molecule has 0 radical (unpaired) electrons. The van der Waals surface area contributed by atoms with Crippen LogP contribution in [-0.4, -0.2) is 24.4 Å². The lowest BCUT2D eigenvalue weighted by Crippen LogP contribution is -2.49. The minimum absolute atomic E-state index is 0.0312. The highest BCUT2D eigenvalue weighted by Gasteiger charge is 2.24. The second-order valence-corrected chi connectivity index (χ2v) is 4.99. The third-order valence-corrected chi connectivity index (χ3v) is 2.89. The molecule has 1 atom stereocenters. The van der Waals surface area contributed by atoms with E-state index in [1.54, 1.807) is 0 Å². The van der Waals surface area contributed by atoms with Gasteiger partial charge >= 0.3 is 0 Å². The van der Waals surface area contributed by atoms with Gasteiger partial charge in [0.1, 0.15) is 11.9 Å². The zero-order valence-electron chi connectivity index (χ0n) is 12.1. The Labute approximate surface area is 118 Å². The van der Waals surface area contributed by atoms with Gasteiger partial charge in [0.05, 0.1) is 0 Å². The average molecular weight is 280 g/mol. The summed E-state index contributed by atoms with van der Waals surface area (Å²) >= 11 is 0. The van der Waals surface area contributed by atoms with Crippen molar-refractivity contribution in [2.45, 2.75) is 33.2 Å². The molecule has 0 aliphatic rings. The number of carbonyl (C=O) groups is 2. The van der Waals surface area contributed by atoms with Gasteiger partial charge in [0.2, 0.25) is 5.91 Å². The molecule has 5 heteroatoms. The quantitative estimate of drug-likeness (QED) is 0.838. The van der Waals surface area contributed by atoms with Crippen LogP contribution in [0, 0.1) is 11.7 Å². The molecular formula is C15H21FN2O2. The first-order valence-electron chi connectivity index (χ1n) is 6.79. The number of halogens is 1. The topological polar surface area (TPSA) is 58.2 Å². The van der Waals surface area contributed by atoms with Crippen molar-refractivity contribution in [2.24, 2.45) is 5.92 Å². The first kappa shape index (κ1) is 16.1. The van der Waals surface area contributed by atoms with Gasteiger partial charge in [-0.1, -0.05) is 20.8 Å². The Kier molecular flexibility index (Phi) is 6.15. The summed E-state index contributed by atoms with van der Waals surface area (Å²) in [5.41, 5.74) is 0.334. The Bertz CT molecular complexity index is 457. The van der Waals surface area contributed by atoms with Crippen LogP contribution in [0.2, 0.25) is 0 Å². The number of hydrogen-bond acceptors (Lipinski definition) is 2.